The summed E-state index contributed by atoms with van der Waals surface area (Å²) >= 11 is 0. The second kappa shape index (κ2) is 8.51. The lowest BCUT2D eigenvalue weighted by Gasteiger charge is -2.21. The Morgan fingerprint density at radius 2 is 1.82 bits per heavy atom. The van der Waals surface area contributed by atoms with Gasteiger partial charge in [-0.3, -0.25) is 0 Å². The fourth-order valence-electron chi connectivity index (χ4n) is 1.91. The van der Waals surface area contributed by atoms with Gasteiger partial charge in [0.1, 0.15) is 0 Å². The van der Waals surface area contributed by atoms with E-state index in [4.69, 9.17) is 0 Å². The van der Waals surface area contributed by atoms with Crippen molar-refractivity contribution >= 4 is 10.0 Å². The molecule has 1 aromatic carbocycles. The second-order valence-electron chi connectivity index (χ2n) is 5.02. The van der Waals surface area contributed by atoms with Gasteiger partial charge < -0.3 is 0 Å². The molecule has 0 saturated heterocycles. The summed E-state index contributed by atoms with van der Waals surface area (Å²) in [5.74, 6) is 0. The Hall–Kier alpha value is -1.91. The van der Waals surface area contributed by atoms with Gasteiger partial charge in [-0.2, -0.15) is 4.31 Å². The zero-order valence-electron chi connectivity index (χ0n) is 13.2. The van der Waals surface area contributed by atoms with Gasteiger partial charge in [-0.1, -0.05) is 66.8 Å². The minimum absolute atomic E-state index is 0.296. The van der Waals surface area contributed by atoms with Crippen LogP contribution in [0.1, 0.15) is 12.5 Å². The summed E-state index contributed by atoms with van der Waals surface area (Å²) in [5, 5.41) is 0. The number of aryl methyl sites for hydroxylation is 1. The maximum atomic E-state index is 12.8. The van der Waals surface area contributed by atoms with Crippen LogP contribution in [0.3, 0.4) is 0 Å². The smallest absolute Gasteiger partial charge is 0.207 e. The zero-order chi connectivity index (χ0) is 16.6. The third-order valence-electron chi connectivity index (χ3n) is 3.07. The van der Waals surface area contributed by atoms with E-state index in [0.29, 0.717) is 18.0 Å². The summed E-state index contributed by atoms with van der Waals surface area (Å²) in [6.07, 6.45) is 8.62. The molecule has 0 radical (unpaired) electrons. The molecule has 0 amide bonds. The van der Waals surface area contributed by atoms with Crippen LogP contribution >= 0.6 is 0 Å². The van der Waals surface area contributed by atoms with Gasteiger partial charge in [-0.25, -0.2) is 8.42 Å². The number of allylic oxidation sites excluding steroid dienone is 4. The highest BCUT2D eigenvalue weighted by Gasteiger charge is 2.23. The molecule has 0 unspecified atom stereocenters. The minimum Gasteiger partial charge on any atom is -0.207 e. The summed E-state index contributed by atoms with van der Waals surface area (Å²) in [6, 6.07) is 6.89. The predicted octanol–water partition coefficient (Wildman–Crippen LogP) is 3.86. The molecule has 0 bridgehead atoms. The molecule has 0 aromatic heterocycles. The predicted molar refractivity (Wildman–Crippen MR) is 93.2 cm³/mol. The fraction of sp³-hybridized carbons (Fsp3) is 0.222. The Kier molecular flexibility index (Phi) is 7.02. The van der Waals surface area contributed by atoms with E-state index in [1.165, 1.54) is 4.31 Å². The third-order valence-corrected chi connectivity index (χ3v) is 4.89. The Labute approximate surface area is 134 Å². The van der Waals surface area contributed by atoms with Crippen molar-refractivity contribution in [2.45, 2.75) is 18.7 Å². The molecule has 22 heavy (non-hydrogen) atoms. The summed E-state index contributed by atoms with van der Waals surface area (Å²) in [5.41, 5.74) is 1.96. The normalized spacial score (nSPS) is 12.8. The molecular weight excluding hydrogens is 294 g/mol. The third kappa shape index (κ3) is 5.13. The Balaban J connectivity index is 3.14. The van der Waals surface area contributed by atoms with Gasteiger partial charge in [-0.15, -0.1) is 0 Å². The van der Waals surface area contributed by atoms with Crippen molar-refractivity contribution in [3.05, 3.63) is 78.9 Å². The van der Waals surface area contributed by atoms with E-state index >= 15 is 0 Å². The molecule has 0 aliphatic rings. The van der Waals surface area contributed by atoms with Crippen LogP contribution in [0.4, 0.5) is 0 Å². The van der Waals surface area contributed by atoms with Crippen molar-refractivity contribution in [1.29, 1.82) is 0 Å². The van der Waals surface area contributed by atoms with Crippen LogP contribution in [0.5, 0.6) is 0 Å². The van der Waals surface area contributed by atoms with Gasteiger partial charge in [0.2, 0.25) is 10.0 Å². The van der Waals surface area contributed by atoms with Crippen LogP contribution in [-0.4, -0.2) is 25.8 Å². The quantitative estimate of drug-likeness (QED) is 0.683. The van der Waals surface area contributed by atoms with E-state index in [2.05, 4.69) is 13.2 Å². The molecule has 0 heterocycles. The number of nitrogens with zero attached hydrogens (tertiary/aromatic N) is 1. The Morgan fingerprint density at radius 1 is 1.18 bits per heavy atom. The first-order valence-electron chi connectivity index (χ1n) is 7.04. The molecule has 3 nitrogen and oxygen atoms in total. The van der Waals surface area contributed by atoms with E-state index in [0.717, 1.165) is 11.1 Å². The van der Waals surface area contributed by atoms with Crippen LogP contribution in [0.25, 0.3) is 0 Å². The molecule has 0 aliphatic carbocycles. The average Bonchev–Trinajstić information content (AvgIpc) is 2.47. The van der Waals surface area contributed by atoms with Gasteiger partial charge in [-0.05, 0) is 26.0 Å². The number of hydrogen-bond acceptors (Lipinski definition) is 2. The maximum Gasteiger partial charge on any atom is 0.243 e. The molecule has 0 atom stereocenters. The average molecular weight is 317 g/mol. The van der Waals surface area contributed by atoms with Gasteiger partial charge in [0.15, 0.2) is 0 Å². The largest absolute Gasteiger partial charge is 0.243 e. The van der Waals surface area contributed by atoms with Crippen molar-refractivity contribution in [2.24, 2.45) is 0 Å². The lowest BCUT2D eigenvalue weighted by molar-refractivity contribution is 0.466. The summed E-state index contributed by atoms with van der Waals surface area (Å²) < 4.78 is 27.0. The van der Waals surface area contributed by atoms with Crippen LogP contribution < -0.4 is 0 Å². The first kappa shape index (κ1) is 18.1. The van der Waals surface area contributed by atoms with Gasteiger partial charge in [0.25, 0.3) is 0 Å². The lowest BCUT2D eigenvalue weighted by Crippen LogP contribution is -2.32. The van der Waals surface area contributed by atoms with E-state index in [1.807, 2.05) is 19.9 Å². The monoisotopic (exact) mass is 317 g/mol. The van der Waals surface area contributed by atoms with Crippen molar-refractivity contribution < 1.29 is 8.42 Å². The SMILES string of the molecule is C=C/C=C/CN(C/C(C)=C/C=C)S(=O)(=O)c1ccc(C)cc1. The first-order chi connectivity index (χ1) is 10.4. The molecule has 4 heteroatoms. The highest BCUT2D eigenvalue weighted by Crippen LogP contribution is 2.17. The van der Waals surface area contributed by atoms with Crippen LogP contribution in [0, 0.1) is 6.92 Å². The zero-order valence-corrected chi connectivity index (χ0v) is 14.0. The van der Waals surface area contributed by atoms with Gasteiger partial charge >= 0.3 is 0 Å². The molecular formula is C18H23NO2S. The topological polar surface area (TPSA) is 37.4 Å². The molecule has 1 rings (SSSR count). The van der Waals surface area contributed by atoms with Crippen LogP contribution in [0.2, 0.25) is 0 Å². The second-order valence-corrected chi connectivity index (χ2v) is 6.96. The van der Waals surface area contributed by atoms with Crippen LogP contribution in [0.15, 0.2) is 78.3 Å². The van der Waals surface area contributed by atoms with Crippen molar-refractivity contribution in [3.8, 4) is 0 Å². The summed E-state index contributed by atoms with van der Waals surface area (Å²) in [7, 11) is -3.54. The molecule has 0 fully saturated rings. The van der Waals surface area contributed by atoms with Gasteiger partial charge in [0.05, 0.1) is 4.90 Å². The Bertz CT molecular complexity index is 668. The van der Waals surface area contributed by atoms with E-state index in [-0.39, 0.29) is 0 Å². The van der Waals surface area contributed by atoms with E-state index < -0.39 is 10.0 Å². The number of rotatable bonds is 8. The molecule has 0 spiro atoms. The molecule has 0 N–H and O–H groups in total. The van der Waals surface area contributed by atoms with Crippen molar-refractivity contribution in [2.75, 3.05) is 13.1 Å². The standard InChI is InChI=1S/C18H23NO2S/c1-5-7-8-14-19(15-17(4)9-6-2)22(20,21)18-12-10-16(3)11-13-18/h5-13H,1-2,14-15H2,3-4H3/b8-7+,17-9+. The molecule has 1 aromatic rings. The molecule has 0 saturated carbocycles. The number of hydrogen-bond donors (Lipinski definition) is 0. The lowest BCUT2D eigenvalue weighted by atomic mass is 10.2. The number of benzene rings is 1. The summed E-state index contributed by atoms with van der Waals surface area (Å²) in [4.78, 5) is 0.302. The van der Waals surface area contributed by atoms with E-state index in [9.17, 15) is 8.42 Å². The molecule has 118 valence electrons. The highest BCUT2D eigenvalue weighted by molar-refractivity contribution is 7.89. The molecule has 0 aliphatic heterocycles. The maximum absolute atomic E-state index is 12.8. The highest BCUT2D eigenvalue weighted by atomic mass is 32.2. The van der Waals surface area contributed by atoms with E-state index in [1.54, 1.807) is 48.6 Å². The van der Waals surface area contributed by atoms with Gasteiger partial charge in [0, 0.05) is 13.1 Å². The van der Waals surface area contributed by atoms with Crippen LogP contribution in [-0.2, 0) is 10.0 Å². The van der Waals surface area contributed by atoms with Crippen molar-refractivity contribution in [3.63, 3.8) is 0 Å². The minimum atomic E-state index is -3.54. The first-order valence-corrected chi connectivity index (χ1v) is 8.48. The Morgan fingerprint density at radius 3 is 2.36 bits per heavy atom. The number of sulfonamides is 1. The summed E-state index contributed by atoms with van der Waals surface area (Å²) in [6.45, 7) is 11.7. The fourth-order valence-corrected chi connectivity index (χ4v) is 3.35. The van der Waals surface area contributed by atoms with Crippen molar-refractivity contribution in [1.82, 2.24) is 4.31 Å².